The Hall–Kier alpha value is -0.530. The lowest BCUT2D eigenvalue weighted by atomic mass is 10.8. The van der Waals surface area contributed by atoms with Gasteiger partial charge in [0.15, 0.2) is 5.03 Å². The fourth-order valence-electron chi connectivity index (χ4n) is 0.855. The van der Waals surface area contributed by atoms with Crippen LogP contribution in [0.2, 0.25) is 0 Å². The molecule has 1 rings (SSSR count). The van der Waals surface area contributed by atoms with Crippen LogP contribution in [0.15, 0.2) is 17.6 Å². The Labute approximate surface area is 88.0 Å². The molecule has 0 aliphatic rings. The van der Waals surface area contributed by atoms with Gasteiger partial charge < -0.3 is 4.57 Å². The Morgan fingerprint density at radius 1 is 1.64 bits per heavy atom. The minimum atomic E-state index is -3.45. The molecule has 1 unspecified atom stereocenters. The summed E-state index contributed by atoms with van der Waals surface area (Å²) in [6.07, 6.45) is 4.76. The van der Waals surface area contributed by atoms with Crippen LogP contribution >= 0.6 is 11.8 Å². The molecule has 0 saturated carbocycles. The standard InChI is InChI=1S/C7H13N3O2S2/c1-6(13-3)9-14(11,12)7-4-10(2)5-8-7/h4-6,9H,1-3H3. The number of nitrogens with zero attached hydrogens (tertiary/aromatic N) is 2. The van der Waals surface area contributed by atoms with Crippen molar-refractivity contribution in [1.82, 2.24) is 14.3 Å². The minimum Gasteiger partial charge on any atom is -0.339 e. The number of aryl methyl sites for hydroxylation is 1. The molecule has 5 nitrogen and oxygen atoms in total. The van der Waals surface area contributed by atoms with Gasteiger partial charge >= 0.3 is 0 Å². The summed E-state index contributed by atoms with van der Waals surface area (Å²) in [5.41, 5.74) is 0. The summed E-state index contributed by atoms with van der Waals surface area (Å²) in [4.78, 5) is 3.78. The van der Waals surface area contributed by atoms with Gasteiger partial charge in [0.25, 0.3) is 10.0 Å². The van der Waals surface area contributed by atoms with Crippen LogP contribution in [0, 0.1) is 0 Å². The van der Waals surface area contributed by atoms with E-state index in [9.17, 15) is 8.42 Å². The van der Waals surface area contributed by atoms with E-state index >= 15 is 0 Å². The van der Waals surface area contributed by atoms with Gasteiger partial charge in [0.2, 0.25) is 0 Å². The van der Waals surface area contributed by atoms with Crippen molar-refractivity contribution in [3.8, 4) is 0 Å². The van der Waals surface area contributed by atoms with Crippen molar-refractivity contribution in [3.63, 3.8) is 0 Å². The van der Waals surface area contributed by atoms with Crippen molar-refractivity contribution in [2.45, 2.75) is 17.3 Å². The molecule has 0 radical (unpaired) electrons. The molecular formula is C7H13N3O2S2. The van der Waals surface area contributed by atoms with Gasteiger partial charge in [-0.1, -0.05) is 0 Å². The monoisotopic (exact) mass is 235 g/mol. The number of aromatic nitrogens is 2. The van der Waals surface area contributed by atoms with Crippen LogP contribution in [0.5, 0.6) is 0 Å². The zero-order valence-electron chi connectivity index (χ0n) is 8.26. The van der Waals surface area contributed by atoms with E-state index in [1.165, 1.54) is 24.3 Å². The number of nitrogens with one attached hydrogen (secondary N) is 1. The first-order valence-corrected chi connectivity index (χ1v) is 6.76. The molecule has 0 fully saturated rings. The zero-order valence-corrected chi connectivity index (χ0v) is 9.89. The van der Waals surface area contributed by atoms with Crippen LogP contribution in [0.1, 0.15) is 6.92 Å². The summed E-state index contributed by atoms with van der Waals surface area (Å²) in [7, 11) is -1.73. The maximum Gasteiger partial charge on any atom is 0.260 e. The number of sulfonamides is 1. The van der Waals surface area contributed by atoms with Gasteiger partial charge in [-0.15, -0.1) is 11.8 Å². The molecule has 0 aliphatic carbocycles. The highest BCUT2D eigenvalue weighted by Crippen LogP contribution is 2.09. The normalized spacial score (nSPS) is 14.2. The molecule has 0 bridgehead atoms. The SMILES string of the molecule is CSC(C)NS(=O)(=O)c1cn(C)cn1. The quantitative estimate of drug-likeness (QED) is 0.768. The molecule has 0 aliphatic heterocycles. The summed E-state index contributed by atoms with van der Waals surface area (Å²) >= 11 is 1.43. The lowest BCUT2D eigenvalue weighted by molar-refractivity contribution is 0.578. The van der Waals surface area contributed by atoms with Crippen LogP contribution in [0.25, 0.3) is 0 Å². The van der Waals surface area contributed by atoms with E-state index in [2.05, 4.69) is 9.71 Å². The van der Waals surface area contributed by atoms with Gasteiger partial charge in [0.05, 0.1) is 11.7 Å². The van der Waals surface area contributed by atoms with Crippen LogP contribution in [0.3, 0.4) is 0 Å². The van der Waals surface area contributed by atoms with Gasteiger partial charge in [-0.25, -0.2) is 13.4 Å². The molecule has 0 amide bonds. The number of hydrogen-bond acceptors (Lipinski definition) is 4. The Balaban J connectivity index is 2.86. The third-order valence-corrected chi connectivity index (χ3v) is 4.03. The second-order valence-corrected chi connectivity index (χ2v) is 5.72. The van der Waals surface area contributed by atoms with Crippen molar-refractivity contribution in [2.75, 3.05) is 6.26 Å². The molecule has 0 aromatic carbocycles. The summed E-state index contributed by atoms with van der Waals surface area (Å²) in [6.45, 7) is 1.78. The Morgan fingerprint density at radius 2 is 2.29 bits per heavy atom. The topological polar surface area (TPSA) is 64.0 Å². The summed E-state index contributed by atoms with van der Waals surface area (Å²) in [6, 6.07) is 0. The second kappa shape index (κ2) is 4.33. The van der Waals surface area contributed by atoms with E-state index < -0.39 is 10.0 Å². The molecule has 0 saturated heterocycles. The van der Waals surface area contributed by atoms with Crippen molar-refractivity contribution >= 4 is 21.8 Å². The molecule has 1 aromatic rings. The number of imidazole rings is 1. The van der Waals surface area contributed by atoms with Gasteiger partial charge in [-0.2, -0.15) is 4.72 Å². The lowest BCUT2D eigenvalue weighted by Gasteiger charge is -2.09. The maximum absolute atomic E-state index is 11.6. The van der Waals surface area contributed by atoms with Gasteiger partial charge in [0.1, 0.15) is 0 Å². The summed E-state index contributed by atoms with van der Waals surface area (Å²) < 4.78 is 27.3. The van der Waals surface area contributed by atoms with Gasteiger partial charge in [-0.05, 0) is 13.2 Å². The molecule has 1 atom stereocenters. The highest BCUT2D eigenvalue weighted by molar-refractivity contribution is 8.00. The summed E-state index contributed by atoms with van der Waals surface area (Å²) in [5, 5.41) is -0.0945. The zero-order chi connectivity index (χ0) is 10.8. The molecule has 1 aromatic heterocycles. The molecule has 7 heteroatoms. The van der Waals surface area contributed by atoms with E-state index in [1.54, 1.807) is 18.5 Å². The fraction of sp³-hybridized carbons (Fsp3) is 0.571. The highest BCUT2D eigenvalue weighted by atomic mass is 32.2. The average molecular weight is 235 g/mol. The van der Waals surface area contributed by atoms with E-state index in [0.29, 0.717) is 0 Å². The molecular weight excluding hydrogens is 222 g/mol. The van der Waals surface area contributed by atoms with Crippen molar-refractivity contribution in [2.24, 2.45) is 7.05 Å². The Morgan fingerprint density at radius 3 is 2.71 bits per heavy atom. The lowest BCUT2D eigenvalue weighted by Crippen LogP contribution is -2.30. The number of rotatable bonds is 4. The van der Waals surface area contributed by atoms with E-state index in [1.807, 2.05) is 6.26 Å². The van der Waals surface area contributed by atoms with Crippen LogP contribution in [-0.4, -0.2) is 29.6 Å². The predicted molar refractivity (Wildman–Crippen MR) is 56.5 cm³/mol. The molecule has 0 spiro atoms. The summed E-state index contributed by atoms with van der Waals surface area (Å²) in [5.74, 6) is 0. The van der Waals surface area contributed by atoms with E-state index in [-0.39, 0.29) is 10.4 Å². The number of hydrogen-bond donors (Lipinski definition) is 1. The van der Waals surface area contributed by atoms with Crippen LogP contribution < -0.4 is 4.72 Å². The van der Waals surface area contributed by atoms with Crippen molar-refractivity contribution in [3.05, 3.63) is 12.5 Å². The molecule has 1 heterocycles. The molecule has 1 N–H and O–H groups in total. The highest BCUT2D eigenvalue weighted by Gasteiger charge is 2.18. The smallest absolute Gasteiger partial charge is 0.260 e. The van der Waals surface area contributed by atoms with E-state index in [4.69, 9.17) is 0 Å². The first-order valence-electron chi connectivity index (χ1n) is 3.99. The Bertz CT molecular complexity index is 399. The first-order chi connectivity index (χ1) is 6.45. The fourth-order valence-corrected chi connectivity index (χ4v) is 2.67. The largest absolute Gasteiger partial charge is 0.339 e. The second-order valence-electron chi connectivity index (χ2n) is 2.88. The van der Waals surface area contributed by atoms with E-state index in [0.717, 1.165) is 0 Å². The maximum atomic E-state index is 11.6. The Kier molecular flexibility index (Phi) is 3.57. The third kappa shape index (κ3) is 2.73. The number of thioether (sulfide) groups is 1. The van der Waals surface area contributed by atoms with Gasteiger partial charge in [-0.3, -0.25) is 0 Å². The predicted octanol–water partition coefficient (Wildman–Crippen LogP) is 0.407. The minimum absolute atomic E-state index is 0.0564. The third-order valence-electron chi connectivity index (χ3n) is 1.63. The molecule has 14 heavy (non-hydrogen) atoms. The van der Waals surface area contributed by atoms with Crippen molar-refractivity contribution in [1.29, 1.82) is 0 Å². The van der Waals surface area contributed by atoms with Crippen LogP contribution in [-0.2, 0) is 17.1 Å². The first kappa shape index (κ1) is 11.5. The van der Waals surface area contributed by atoms with Crippen LogP contribution in [0.4, 0.5) is 0 Å². The van der Waals surface area contributed by atoms with Gasteiger partial charge in [0, 0.05) is 13.2 Å². The van der Waals surface area contributed by atoms with Crippen molar-refractivity contribution < 1.29 is 8.42 Å². The molecule has 80 valence electrons. The average Bonchev–Trinajstić information content (AvgIpc) is 2.51.